The number of carbonyl (C=O) groups is 1. The zero-order chi connectivity index (χ0) is 12.7. The Morgan fingerprint density at radius 3 is 2.88 bits per heavy atom. The molecule has 2 N–H and O–H groups in total. The number of hydrogen-bond acceptors (Lipinski definition) is 3. The highest BCUT2D eigenvalue weighted by molar-refractivity contribution is 5.90. The molecule has 0 saturated heterocycles. The van der Waals surface area contributed by atoms with Gasteiger partial charge in [-0.2, -0.15) is 0 Å². The Balaban J connectivity index is 2.92. The van der Waals surface area contributed by atoms with Crippen LogP contribution in [0.2, 0.25) is 0 Å². The topological polar surface area (TPSA) is 61.5 Å². The maximum Gasteiger partial charge on any atom is 0.241 e. The lowest BCUT2D eigenvalue weighted by Gasteiger charge is -2.09. The van der Waals surface area contributed by atoms with Crippen LogP contribution in [0.25, 0.3) is 6.08 Å². The van der Waals surface area contributed by atoms with Gasteiger partial charge in [0.1, 0.15) is 6.61 Å². The molecule has 0 heterocycles. The van der Waals surface area contributed by atoms with Crippen molar-refractivity contribution in [3.8, 4) is 23.8 Å². The molecule has 0 aromatic heterocycles. The Labute approximate surface area is 100 Å². The third-order valence-corrected chi connectivity index (χ3v) is 1.94. The number of hydrogen-bond donors (Lipinski definition) is 1. The van der Waals surface area contributed by atoms with Crippen molar-refractivity contribution in [2.45, 2.75) is 0 Å². The number of ether oxygens (including phenoxy) is 2. The molecule has 0 unspecified atom stereocenters. The van der Waals surface area contributed by atoms with E-state index in [-0.39, 0.29) is 6.61 Å². The lowest BCUT2D eigenvalue weighted by Crippen LogP contribution is -2.05. The normalized spacial score (nSPS) is 9.88. The molecule has 1 amide bonds. The molecule has 4 heteroatoms. The van der Waals surface area contributed by atoms with Gasteiger partial charge in [0.05, 0.1) is 7.11 Å². The highest BCUT2D eigenvalue weighted by atomic mass is 16.5. The Bertz CT molecular complexity index is 472. The van der Waals surface area contributed by atoms with Crippen molar-refractivity contribution in [1.29, 1.82) is 0 Å². The lowest BCUT2D eigenvalue weighted by molar-refractivity contribution is -0.113. The third kappa shape index (κ3) is 3.92. The molecule has 17 heavy (non-hydrogen) atoms. The first-order valence-electron chi connectivity index (χ1n) is 4.89. The van der Waals surface area contributed by atoms with Crippen LogP contribution in [0.5, 0.6) is 11.5 Å². The minimum Gasteiger partial charge on any atom is -0.493 e. The number of terminal acetylenes is 1. The summed E-state index contributed by atoms with van der Waals surface area (Å²) in [4.78, 5) is 10.6. The molecule has 1 aromatic carbocycles. The largest absolute Gasteiger partial charge is 0.493 e. The van der Waals surface area contributed by atoms with Crippen LogP contribution in [0.3, 0.4) is 0 Å². The molecule has 0 radical (unpaired) electrons. The molecule has 0 aliphatic carbocycles. The minimum atomic E-state index is -0.503. The van der Waals surface area contributed by atoms with E-state index in [1.165, 1.54) is 13.2 Å². The van der Waals surface area contributed by atoms with Gasteiger partial charge in [-0.05, 0) is 23.8 Å². The van der Waals surface area contributed by atoms with Crippen LogP contribution in [-0.4, -0.2) is 19.6 Å². The number of amides is 1. The zero-order valence-corrected chi connectivity index (χ0v) is 9.47. The summed E-state index contributed by atoms with van der Waals surface area (Å²) in [6.45, 7) is 0.173. The number of methoxy groups -OCH3 is 1. The van der Waals surface area contributed by atoms with Crippen molar-refractivity contribution in [3.05, 3.63) is 29.8 Å². The molecule has 4 nitrogen and oxygen atoms in total. The van der Waals surface area contributed by atoms with E-state index in [1.807, 2.05) is 0 Å². The molecule has 0 aliphatic rings. The summed E-state index contributed by atoms with van der Waals surface area (Å²) in [5.74, 6) is 2.97. The van der Waals surface area contributed by atoms with Crippen LogP contribution in [0.1, 0.15) is 5.56 Å². The predicted octanol–water partition coefficient (Wildman–Crippen LogP) is 1.21. The summed E-state index contributed by atoms with van der Waals surface area (Å²) in [5, 5.41) is 0. The molecule has 1 aromatic rings. The van der Waals surface area contributed by atoms with Crippen molar-refractivity contribution >= 4 is 12.0 Å². The van der Waals surface area contributed by atoms with E-state index in [1.54, 1.807) is 24.3 Å². The van der Waals surface area contributed by atoms with Crippen molar-refractivity contribution < 1.29 is 14.3 Å². The maximum absolute atomic E-state index is 10.6. The van der Waals surface area contributed by atoms with Crippen LogP contribution in [0.15, 0.2) is 24.3 Å². The molecule has 0 aliphatic heterocycles. The van der Waals surface area contributed by atoms with Crippen molar-refractivity contribution in [1.82, 2.24) is 0 Å². The molecule has 0 spiro atoms. The van der Waals surface area contributed by atoms with Gasteiger partial charge in [0.15, 0.2) is 11.5 Å². The van der Waals surface area contributed by atoms with Crippen molar-refractivity contribution in [2.24, 2.45) is 5.73 Å². The molecular formula is C13H13NO3. The van der Waals surface area contributed by atoms with E-state index < -0.39 is 5.91 Å². The Morgan fingerprint density at radius 2 is 2.29 bits per heavy atom. The highest BCUT2D eigenvalue weighted by Crippen LogP contribution is 2.28. The molecular weight excluding hydrogens is 218 g/mol. The number of nitrogens with two attached hydrogens (primary N) is 1. The van der Waals surface area contributed by atoms with E-state index in [2.05, 4.69) is 5.92 Å². The van der Waals surface area contributed by atoms with E-state index in [0.29, 0.717) is 11.5 Å². The van der Waals surface area contributed by atoms with Gasteiger partial charge in [-0.25, -0.2) is 0 Å². The first-order chi connectivity index (χ1) is 8.17. The van der Waals surface area contributed by atoms with Crippen molar-refractivity contribution in [2.75, 3.05) is 13.7 Å². The van der Waals surface area contributed by atoms with E-state index >= 15 is 0 Å². The molecule has 0 fully saturated rings. The average molecular weight is 231 g/mol. The van der Waals surface area contributed by atoms with Gasteiger partial charge in [0, 0.05) is 6.08 Å². The second-order valence-electron chi connectivity index (χ2n) is 3.14. The highest BCUT2D eigenvalue weighted by Gasteiger charge is 2.03. The number of rotatable bonds is 5. The molecule has 88 valence electrons. The summed E-state index contributed by atoms with van der Waals surface area (Å²) >= 11 is 0. The van der Waals surface area contributed by atoms with Crippen LogP contribution < -0.4 is 15.2 Å². The van der Waals surface area contributed by atoms with Crippen molar-refractivity contribution in [3.63, 3.8) is 0 Å². The summed E-state index contributed by atoms with van der Waals surface area (Å²) < 4.78 is 10.4. The van der Waals surface area contributed by atoms with E-state index in [9.17, 15) is 4.79 Å². The Kier molecular flexibility index (Phi) is 4.64. The SMILES string of the molecule is C#CCOc1ccc(/C=C/C(N)=O)cc1OC. The van der Waals surface area contributed by atoms with Crippen LogP contribution in [-0.2, 0) is 4.79 Å². The van der Waals surface area contributed by atoms with Crippen LogP contribution >= 0.6 is 0 Å². The first-order valence-corrected chi connectivity index (χ1v) is 4.89. The van der Waals surface area contributed by atoms with Gasteiger partial charge in [0.25, 0.3) is 0 Å². The molecule has 0 saturated carbocycles. The predicted molar refractivity (Wildman–Crippen MR) is 65.6 cm³/mol. The second kappa shape index (κ2) is 6.23. The summed E-state index contributed by atoms with van der Waals surface area (Å²) in [7, 11) is 1.53. The van der Waals surface area contributed by atoms with Crippen LogP contribution in [0, 0.1) is 12.3 Å². The van der Waals surface area contributed by atoms with Gasteiger partial charge in [-0.15, -0.1) is 6.42 Å². The fraction of sp³-hybridized carbons (Fsp3) is 0.154. The standard InChI is InChI=1S/C13H13NO3/c1-3-8-17-11-6-4-10(5-7-13(14)15)9-12(11)16-2/h1,4-7,9H,8H2,2H3,(H2,14,15)/b7-5+. The summed E-state index contributed by atoms with van der Waals surface area (Å²) in [5.41, 5.74) is 5.79. The lowest BCUT2D eigenvalue weighted by atomic mass is 10.2. The van der Waals surface area contributed by atoms with Gasteiger partial charge >= 0.3 is 0 Å². The van der Waals surface area contributed by atoms with Gasteiger partial charge in [0.2, 0.25) is 5.91 Å². The molecule has 0 bridgehead atoms. The fourth-order valence-corrected chi connectivity index (χ4v) is 1.20. The molecule has 1 rings (SSSR count). The third-order valence-electron chi connectivity index (χ3n) is 1.94. The summed E-state index contributed by atoms with van der Waals surface area (Å²) in [6.07, 6.45) is 7.97. The van der Waals surface area contributed by atoms with Gasteiger partial charge in [-0.3, -0.25) is 4.79 Å². The number of primary amides is 1. The average Bonchev–Trinajstić information content (AvgIpc) is 2.34. The fourth-order valence-electron chi connectivity index (χ4n) is 1.20. The number of carbonyl (C=O) groups excluding carboxylic acids is 1. The van der Waals surface area contributed by atoms with E-state index in [4.69, 9.17) is 21.6 Å². The Hall–Kier alpha value is -2.41. The minimum absolute atomic E-state index is 0.173. The Morgan fingerprint density at radius 1 is 1.53 bits per heavy atom. The quantitative estimate of drug-likeness (QED) is 0.612. The maximum atomic E-state index is 10.6. The van der Waals surface area contributed by atoms with Gasteiger partial charge < -0.3 is 15.2 Å². The van der Waals surface area contributed by atoms with Gasteiger partial charge in [-0.1, -0.05) is 12.0 Å². The zero-order valence-electron chi connectivity index (χ0n) is 9.47. The smallest absolute Gasteiger partial charge is 0.241 e. The number of benzene rings is 1. The van der Waals surface area contributed by atoms with Crippen LogP contribution in [0.4, 0.5) is 0 Å². The second-order valence-corrected chi connectivity index (χ2v) is 3.14. The molecule has 0 atom stereocenters. The first kappa shape index (κ1) is 12.7. The van der Waals surface area contributed by atoms with E-state index in [0.717, 1.165) is 5.56 Å². The summed E-state index contributed by atoms with van der Waals surface area (Å²) in [6, 6.07) is 5.22. The monoisotopic (exact) mass is 231 g/mol.